The molecule has 0 fully saturated rings. The van der Waals surface area contributed by atoms with Crippen molar-refractivity contribution < 1.29 is 14.6 Å². The van der Waals surface area contributed by atoms with Crippen molar-refractivity contribution in [3.63, 3.8) is 0 Å². The van der Waals surface area contributed by atoms with Crippen LogP contribution in [0.15, 0.2) is 18.2 Å². The molecule has 1 aromatic rings. The summed E-state index contributed by atoms with van der Waals surface area (Å²) < 4.78 is 10.6. The van der Waals surface area contributed by atoms with Gasteiger partial charge in [-0.3, -0.25) is 0 Å². The van der Waals surface area contributed by atoms with E-state index in [0.717, 1.165) is 38.0 Å². The van der Waals surface area contributed by atoms with E-state index in [0.29, 0.717) is 12.5 Å². The topological polar surface area (TPSA) is 38.7 Å². The van der Waals surface area contributed by atoms with E-state index in [1.165, 1.54) is 11.1 Å². The Bertz CT molecular complexity index is 403. The third-order valence-corrected chi connectivity index (χ3v) is 3.65. The molecule has 0 radical (unpaired) electrons. The van der Waals surface area contributed by atoms with Gasteiger partial charge in [0.15, 0.2) is 0 Å². The van der Waals surface area contributed by atoms with Gasteiger partial charge in [-0.05, 0) is 42.4 Å². The summed E-state index contributed by atoms with van der Waals surface area (Å²) >= 11 is 0. The maximum Gasteiger partial charge on any atom is 0.122 e. The first-order valence-corrected chi connectivity index (χ1v) is 7.10. The van der Waals surface area contributed by atoms with E-state index in [1.54, 1.807) is 7.11 Å². The molecule has 2 unspecified atom stereocenters. The Morgan fingerprint density at radius 1 is 1.42 bits per heavy atom. The Balaban J connectivity index is 1.78. The number of aryl methyl sites for hydroxylation is 1. The minimum absolute atomic E-state index is 0.241. The summed E-state index contributed by atoms with van der Waals surface area (Å²) in [4.78, 5) is 0. The maximum atomic E-state index is 10.0. The second kappa shape index (κ2) is 6.92. The lowest BCUT2D eigenvalue weighted by atomic mass is 9.98. The Morgan fingerprint density at radius 3 is 3.05 bits per heavy atom. The van der Waals surface area contributed by atoms with Gasteiger partial charge in [0, 0.05) is 20.1 Å². The van der Waals surface area contributed by atoms with E-state index in [1.807, 2.05) is 0 Å². The van der Waals surface area contributed by atoms with Crippen molar-refractivity contribution in [1.29, 1.82) is 0 Å². The highest BCUT2D eigenvalue weighted by Gasteiger charge is 2.14. The molecule has 0 aromatic heterocycles. The number of methoxy groups -OCH3 is 1. The molecule has 1 aromatic carbocycles. The first kappa shape index (κ1) is 14.4. The van der Waals surface area contributed by atoms with Gasteiger partial charge in [-0.25, -0.2) is 0 Å². The highest BCUT2D eigenvalue weighted by atomic mass is 16.5. The number of hydrogen-bond donors (Lipinski definition) is 1. The second-order valence-corrected chi connectivity index (χ2v) is 5.53. The molecule has 106 valence electrons. The Kier molecular flexibility index (Phi) is 5.23. The average Bonchev–Trinajstić information content (AvgIpc) is 2.83. The molecule has 2 rings (SSSR count). The van der Waals surface area contributed by atoms with Gasteiger partial charge in [-0.2, -0.15) is 0 Å². The Morgan fingerprint density at radius 2 is 2.26 bits per heavy atom. The molecule has 3 heteroatoms. The van der Waals surface area contributed by atoms with Crippen LogP contribution in [0.5, 0.6) is 5.75 Å². The average molecular weight is 264 g/mol. The number of hydrogen-bond acceptors (Lipinski definition) is 3. The summed E-state index contributed by atoms with van der Waals surface area (Å²) in [5.41, 5.74) is 2.60. The van der Waals surface area contributed by atoms with Crippen LogP contribution in [0, 0.1) is 5.92 Å². The van der Waals surface area contributed by atoms with Crippen molar-refractivity contribution in [3.05, 3.63) is 29.3 Å². The fourth-order valence-corrected chi connectivity index (χ4v) is 2.66. The number of aliphatic hydroxyl groups excluding tert-OH is 1. The lowest BCUT2D eigenvalue weighted by Crippen LogP contribution is -2.15. The molecule has 1 N–H and O–H groups in total. The summed E-state index contributed by atoms with van der Waals surface area (Å²) in [5.74, 6) is 1.44. The van der Waals surface area contributed by atoms with Crippen LogP contribution in [0.4, 0.5) is 0 Å². The highest BCUT2D eigenvalue weighted by molar-refractivity contribution is 5.39. The monoisotopic (exact) mass is 264 g/mol. The molecule has 0 amide bonds. The van der Waals surface area contributed by atoms with Gasteiger partial charge >= 0.3 is 0 Å². The number of rotatable bonds is 7. The van der Waals surface area contributed by atoms with Crippen molar-refractivity contribution >= 4 is 0 Å². The lowest BCUT2D eigenvalue weighted by molar-refractivity contribution is 0.0967. The van der Waals surface area contributed by atoms with Crippen molar-refractivity contribution in [3.8, 4) is 5.75 Å². The van der Waals surface area contributed by atoms with Crippen LogP contribution in [0.2, 0.25) is 0 Å². The smallest absolute Gasteiger partial charge is 0.122 e. The van der Waals surface area contributed by atoms with E-state index >= 15 is 0 Å². The van der Waals surface area contributed by atoms with Crippen LogP contribution < -0.4 is 4.74 Å². The van der Waals surface area contributed by atoms with E-state index in [9.17, 15) is 5.11 Å². The zero-order valence-electron chi connectivity index (χ0n) is 11.9. The normalized spacial score (nSPS) is 16.8. The number of aliphatic hydroxyl groups is 1. The molecular weight excluding hydrogens is 240 g/mol. The molecule has 0 bridgehead atoms. The summed E-state index contributed by atoms with van der Waals surface area (Å²) in [6, 6.07) is 6.38. The minimum atomic E-state index is -0.241. The molecule has 1 aliphatic heterocycles. The summed E-state index contributed by atoms with van der Waals surface area (Å²) in [6.07, 6.45) is 3.31. The van der Waals surface area contributed by atoms with Gasteiger partial charge < -0.3 is 14.6 Å². The summed E-state index contributed by atoms with van der Waals surface area (Å²) in [7, 11) is 1.70. The van der Waals surface area contributed by atoms with E-state index in [2.05, 4.69) is 25.1 Å². The Hall–Kier alpha value is -1.06. The zero-order valence-corrected chi connectivity index (χ0v) is 11.9. The molecule has 1 aliphatic rings. The van der Waals surface area contributed by atoms with Gasteiger partial charge in [0.2, 0.25) is 0 Å². The van der Waals surface area contributed by atoms with Gasteiger partial charge in [0.05, 0.1) is 12.7 Å². The second-order valence-electron chi connectivity index (χ2n) is 5.53. The predicted molar refractivity (Wildman–Crippen MR) is 75.6 cm³/mol. The molecule has 0 saturated carbocycles. The molecule has 3 nitrogen and oxygen atoms in total. The fraction of sp³-hybridized carbons (Fsp3) is 0.625. The Labute approximate surface area is 115 Å². The highest BCUT2D eigenvalue weighted by Crippen LogP contribution is 2.26. The quantitative estimate of drug-likeness (QED) is 0.822. The summed E-state index contributed by atoms with van der Waals surface area (Å²) in [6.45, 7) is 3.63. The number of benzene rings is 1. The zero-order chi connectivity index (χ0) is 13.7. The fourth-order valence-electron chi connectivity index (χ4n) is 2.66. The van der Waals surface area contributed by atoms with Gasteiger partial charge in [0.1, 0.15) is 5.75 Å². The maximum absolute atomic E-state index is 10.0. The molecule has 2 atom stereocenters. The van der Waals surface area contributed by atoms with Crippen molar-refractivity contribution in [1.82, 2.24) is 0 Å². The van der Waals surface area contributed by atoms with Gasteiger partial charge in [-0.15, -0.1) is 0 Å². The van der Waals surface area contributed by atoms with Gasteiger partial charge in [0.25, 0.3) is 0 Å². The van der Waals surface area contributed by atoms with Crippen LogP contribution in [0.25, 0.3) is 0 Å². The van der Waals surface area contributed by atoms with Crippen LogP contribution in [0.1, 0.15) is 30.9 Å². The van der Waals surface area contributed by atoms with Crippen molar-refractivity contribution in [2.24, 2.45) is 5.92 Å². The lowest BCUT2D eigenvalue weighted by Gasteiger charge is -2.15. The molecule has 1 heterocycles. The van der Waals surface area contributed by atoms with E-state index in [-0.39, 0.29) is 6.10 Å². The standard InChI is InChI=1S/C16H24O3/c1-12(11-18-2)9-15(17)5-3-13-4-6-16-14(10-13)7-8-19-16/h4,6,10,12,15,17H,3,5,7-9,11H2,1-2H3. The van der Waals surface area contributed by atoms with Gasteiger partial charge in [-0.1, -0.05) is 19.1 Å². The van der Waals surface area contributed by atoms with Crippen LogP contribution >= 0.6 is 0 Å². The molecule has 0 spiro atoms. The number of ether oxygens (including phenoxy) is 2. The van der Waals surface area contributed by atoms with E-state index < -0.39 is 0 Å². The van der Waals surface area contributed by atoms with Crippen LogP contribution in [-0.4, -0.2) is 31.5 Å². The van der Waals surface area contributed by atoms with Crippen LogP contribution in [0.3, 0.4) is 0 Å². The first-order valence-electron chi connectivity index (χ1n) is 7.10. The molecular formula is C16H24O3. The van der Waals surface area contributed by atoms with E-state index in [4.69, 9.17) is 9.47 Å². The molecule has 0 saturated heterocycles. The predicted octanol–water partition coefficient (Wildman–Crippen LogP) is 2.59. The SMILES string of the molecule is COCC(C)CC(O)CCc1ccc2c(c1)CCO2. The van der Waals surface area contributed by atoms with Crippen LogP contribution in [-0.2, 0) is 17.6 Å². The number of fused-ring (bicyclic) bond motifs is 1. The van der Waals surface area contributed by atoms with Crippen molar-refractivity contribution in [2.75, 3.05) is 20.3 Å². The first-order chi connectivity index (χ1) is 9.19. The third kappa shape index (κ3) is 4.22. The molecule has 19 heavy (non-hydrogen) atoms. The van der Waals surface area contributed by atoms with Crippen molar-refractivity contribution in [2.45, 2.75) is 38.7 Å². The molecule has 0 aliphatic carbocycles. The minimum Gasteiger partial charge on any atom is -0.493 e. The largest absolute Gasteiger partial charge is 0.493 e. The summed E-state index contributed by atoms with van der Waals surface area (Å²) in [5, 5.41) is 10.0. The third-order valence-electron chi connectivity index (χ3n) is 3.65.